The molecule has 0 radical (unpaired) electrons. The summed E-state index contributed by atoms with van der Waals surface area (Å²) < 4.78 is 27.2. The number of amides is 1. The first-order valence-corrected chi connectivity index (χ1v) is 18.9. The third-order valence-electron chi connectivity index (χ3n) is 6.55. The van der Waals surface area contributed by atoms with Crippen LogP contribution in [0.1, 0.15) is 65.5 Å². The Bertz CT molecular complexity index is 1700. The first kappa shape index (κ1) is 46.1. The first-order chi connectivity index (χ1) is 23.6. The van der Waals surface area contributed by atoms with E-state index in [2.05, 4.69) is 23.4 Å². The van der Waals surface area contributed by atoms with E-state index in [0.29, 0.717) is 29.0 Å². The van der Waals surface area contributed by atoms with Gasteiger partial charge in [-0.1, -0.05) is 69.1 Å². The van der Waals surface area contributed by atoms with Gasteiger partial charge in [0, 0.05) is 18.6 Å². The predicted molar refractivity (Wildman–Crippen MR) is 199 cm³/mol. The molecule has 3 aromatic rings. The van der Waals surface area contributed by atoms with E-state index in [1.807, 2.05) is 60.6 Å². The number of aryl methyl sites for hydroxylation is 2. The van der Waals surface area contributed by atoms with Gasteiger partial charge in [-0.15, -0.1) is 16.7 Å². The molecule has 1 unspecified atom stereocenters. The first-order valence-electron chi connectivity index (χ1n) is 15.8. The molecule has 0 aliphatic heterocycles. The van der Waals surface area contributed by atoms with Crippen LogP contribution in [-0.4, -0.2) is 81.1 Å². The predicted octanol–water partition coefficient (Wildman–Crippen LogP) is 6.18. The van der Waals surface area contributed by atoms with Gasteiger partial charge in [0.15, 0.2) is 0 Å². The molecule has 18 heteroatoms. The zero-order chi connectivity index (χ0) is 39.3. The van der Waals surface area contributed by atoms with Crippen LogP contribution in [0.25, 0.3) is 5.69 Å². The highest BCUT2D eigenvalue weighted by molar-refractivity contribution is 7.51. The van der Waals surface area contributed by atoms with Crippen molar-refractivity contribution in [3.8, 4) is 11.4 Å². The molecule has 286 valence electrons. The number of rotatable bonds is 13. The zero-order valence-electron chi connectivity index (χ0n) is 30.2. The highest BCUT2D eigenvalue weighted by atomic mass is 35.5. The summed E-state index contributed by atoms with van der Waals surface area (Å²) in [6, 6.07) is 9.15. The van der Waals surface area contributed by atoms with Crippen molar-refractivity contribution >= 4 is 60.0 Å². The minimum Gasteiger partial charge on any atom is -0.489 e. The van der Waals surface area contributed by atoms with Crippen LogP contribution in [0.4, 0.5) is 5.69 Å². The van der Waals surface area contributed by atoms with Gasteiger partial charge < -0.3 is 33.7 Å². The molecule has 1 aromatic heterocycles. The number of carbonyl (C=O) groups is 2. The highest BCUT2D eigenvalue weighted by Gasteiger charge is 2.26. The van der Waals surface area contributed by atoms with E-state index in [9.17, 15) is 18.9 Å². The number of ether oxygens (including phenoxy) is 2. The van der Waals surface area contributed by atoms with Crippen molar-refractivity contribution in [2.24, 2.45) is 0 Å². The maximum absolute atomic E-state index is 12.2. The summed E-state index contributed by atoms with van der Waals surface area (Å²) in [6.45, 7) is 15.6. The highest BCUT2D eigenvalue weighted by Crippen LogP contribution is 2.34. The van der Waals surface area contributed by atoms with Crippen molar-refractivity contribution < 1.29 is 42.9 Å². The Morgan fingerprint density at radius 2 is 1.76 bits per heavy atom. The number of anilines is 1. The number of hydrogen-bond donors (Lipinski definition) is 4. The van der Waals surface area contributed by atoms with Crippen LogP contribution < -0.4 is 20.7 Å². The number of hydrogen-bond acceptors (Lipinski definition) is 9. The van der Waals surface area contributed by atoms with Crippen LogP contribution in [-0.2, 0) is 30.7 Å². The molecule has 1 heterocycles. The molecule has 14 nitrogen and oxygen atoms in total. The van der Waals surface area contributed by atoms with Gasteiger partial charge in [-0.25, -0.2) is 4.79 Å². The number of carboxylic acids is 1. The number of halogens is 3. The van der Waals surface area contributed by atoms with E-state index < -0.39 is 32.2 Å². The average Bonchev–Trinajstić information content (AvgIpc) is 3.41. The third-order valence-corrected chi connectivity index (χ3v) is 8.01. The Hall–Kier alpha value is -2.94. The molecule has 0 fully saturated rings. The lowest BCUT2D eigenvalue weighted by molar-refractivity contribution is -0.135. The van der Waals surface area contributed by atoms with Crippen molar-refractivity contribution in [1.82, 2.24) is 15.1 Å². The fourth-order valence-corrected chi connectivity index (χ4v) is 5.43. The third kappa shape index (κ3) is 15.3. The fraction of sp³-hybridized carbons (Fsp3) is 0.515. The maximum Gasteiger partial charge on any atom is 0.442 e. The van der Waals surface area contributed by atoms with Gasteiger partial charge in [0.2, 0.25) is 11.8 Å². The second-order valence-corrected chi connectivity index (χ2v) is 15.2. The van der Waals surface area contributed by atoms with Gasteiger partial charge in [-0.05, 0) is 51.3 Å². The number of benzene rings is 2. The number of carboxylic acid groups (broad SMARTS) is 1. The standard InChI is InChI=1S/C15H18Cl2N2O3.C15H22ClNO2.C3H8NO5P/c1-8(2)21-12-7-11(9(16)6-10(12)17)19-14(20)22-13(18-19)15(3,4)5;1-5-13-8-6-7-11(2)15(13)17(14(18)9-16)12(3)10-19-4;5-3(6)1-4-2-10(7,8)9/h6-8H,1-5H3;6-8,12H,5,9-10H2,1-4H3;4H,1-2H2,(H,5,6)(H2,7,8,9). The summed E-state index contributed by atoms with van der Waals surface area (Å²) in [7, 11) is -2.46. The monoisotopic (exact) mass is 796 g/mol. The van der Waals surface area contributed by atoms with Crippen LogP contribution in [0.2, 0.25) is 10.0 Å². The molecule has 51 heavy (non-hydrogen) atoms. The van der Waals surface area contributed by atoms with Crippen LogP contribution in [0, 0.1) is 6.92 Å². The lowest BCUT2D eigenvalue weighted by Gasteiger charge is -2.31. The van der Waals surface area contributed by atoms with E-state index in [1.54, 1.807) is 18.1 Å². The van der Waals surface area contributed by atoms with Crippen molar-refractivity contribution in [3.63, 3.8) is 0 Å². The summed E-state index contributed by atoms with van der Waals surface area (Å²) in [5, 5.41) is 14.9. The van der Waals surface area contributed by atoms with Gasteiger partial charge >= 0.3 is 19.3 Å². The van der Waals surface area contributed by atoms with Crippen LogP contribution in [0.15, 0.2) is 39.5 Å². The van der Waals surface area contributed by atoms with Crippen molar-refractivity contribution in [1.29, 1.82) is 0 Å². The fourth-order valence-electron chi connectivity index (χ4n) is 4.39. The summed E-state index contributed by atoms with van der Waals surface area (Å²) in [6.07, 6.45) is 0.216. The van der Waals surface area contributed by atoms with E-state index in [0.717, 1.165) is 27.9 Å². The number of methoxy groups -OCH3 is 1. The topological polar surface area (TPSA) is 194 Å². The van der Waals surface area contributed by atoms with Crippen LogP contribution in [0.3, 0.4) is 0 Å². The van der Waals surface area contributed by atoms with Gasteiger partial charge in [0.25, 0.3) is 0 Å². The van der Waals surface area contributed by atoms with Gasteiger partial charge in [0.1, 0.15) is 11.6 Å². The molecule has 1 atom stereocenters. The Kier molecular flexibility index (Phi) is 18.9. The Morgan fingerprint density at radius 3 is 2.24 bits per heavy atom. The number of nitrogens with one attached hydrogen (secondary N) is 1. The minimum absolute atomic E-state index is 0.0223. The molecule has 0 saturated heterocycles. The SMILES string of the molecule is CC(C)Oc1cc(-n2nc(C(C)(C)C)oc2=O)c(Cl)cc1Cl.CCc1cccc(C)c1N(C(=O)CCl)C(C)COC.O=C(O)CNCP(=O)(O)O. The number of aromatic nitrogens is 2. The summed E-state index contributed by atoms with van der Waals surface area (Å²) in [5.41, 5.74) is 3.19. The van der Waals surface area contributed by atoms with Crippen molar-refractivity contribution in [3.05, 3.63) is 67.9 Å². The zero-order valence-corrected chi connectivity index (χ0v) is 33.4. The van der Waals surface area contributed by atoms with Gasteiger partial charge in [-0.2, -0.15) is 4.68 Å². The lowest BCUT2D eigenvalue weighted by atomic mass is 9.97. The quantitative estimate of drug-likeness (QED) is 0.114. The lowest BCUT2D eigenvalue weighted by Crippen LogP contribution is -2.43. The number of para-hydroxylation sites is 1. The Balaban J connectivity index is 0.000000410. The second kappa shape index (κ2) is 20.9. The molecule has 0 spiro atoms. The molecule has 0 saturated carbocycles. The molecule has 1 amide bonds. The summed E-state index contributed by atoms with van der Waals surface area (Å²) in [4.78, 5) is 52.2. The summed E-state index contributed by atoms with van der Waals surface area (Å²) >= 11 is 18.1. The summed E-state index contributed by atoms with van der Waals surface area (Å²) in [5.74, 6) is -1.10. The number of aliphatic carboxylic acids is 1. The largest absolute Gasteiger partial charge is 0.489 e. The van der Waals surface area contributed by atoms with Gasteiger partial charge in [0.05, 0.1) is 53.0 Å². The normalized spacial score (nSPS) is 12.0. The molecule has 0 bridgehead atoms. The van der Waals surface area contributed by atoms with E-state index in [-0.39, 0.29) is 34.4 Å². The van der Waals surface area contributed by atoms with Gasteiger partial charge in [-0.3, -0.25) is 19.5 Å². The maximum atomic E-state index is 12.2. The van der Waals surface area contributed by atoms with E-state index in [4.69, 9.17) is 63.6 Å². The minimum atomic E-state index is -4.10. The van der Waals surface area contributed by atoms with Crippen molar-refractivity contribution in [2.75, 3.05) is 37.3 Å². The molecular formula is C33H48Cl3N4O10P. The second-order valence-electron chi connectivity index (χ2n) is 12.5. The van der Waals surface area contributed by atoms with Crippen molar-refractivity contribution in [2.45, 2.75) is 79.4 Å². The van der Waals surface area contributed by atoms with Crippen LogP contribution in [0.5, 0.6) is 5.75 Å². The van der Waals surface area contributed by atoms with Crippen LogP contribution >= 0.6 is 42.4 Å². The van der Waals surface area contributed by atoms with E-state index >= 15 is 0 Å². The molecule has 0 aliphatic carbocycles. The average molecular weight is 798 g/mol. The molecule has 4 N–H and O–H groups in total. The number of carbonyl (C=O) groups excluding carboxylic acids is 1. The molecule has 3 rings (SSSR count). The Labute approximate surface area is 313 Å². The smallest absolute Gasteiger partial charge is 0.442 e. The molecule has 0 aliphatic rings. The Morgan fingerprint density at radius 1 is 1.14 bits per heavy atom. The number of nitrogens with zero attached hydrogens (tertiary/aromatic N) is 3. The molecule has 2 aromatic carbocycles. The number of alkyl halides is 1. The van der Waals surface area contributed by atoms with E-state index in [1.165, 1.54) is 6.07 Å². The molecular weight excluding hydrogens is 750 g/mol.